The lowest BCUT2D eigenvalue weighted by molar-refractivity contribution is 0.0182. The maximum absolute atomic E-state index is 12.2. The highest BCUT2D eigenvalue weighted by molar-refractivity contribution is 6.04. The third-order valence-corrected chi connectivity index (χ3v) is 3.71. The number of aliphatic hydroxyl groups is 1. The van der Waals surface area contributed by atoms with Gasteiger partial charge >= 0.3 is 0 Å². The molecule has 0 bridgehead atoms. The van der Waals surface area contributed by atoms with Gasteiger partial charge in [-0.3, -0.25) is 9.59 Å². The van der Waals surface area contributed by atoms with E-state index in [1.807, 2.05) is 19.1 Å². The van der Waals surface area contributed by atoms with E-state index in [9.17, 15) is 14.7 Å². The summed E-state index contributed by atoms with van der Waals surface area (Å²) in [6.45, 7) is 1.82. The molecule has 0 saturated heterocycles. The van der Waals surface area contributed by atoms with Gasteiger partial charge in [0.05, 0.1) is 6.54 Å². The third-order valence-electron chi connectivity index (χ3n) is 3.71. The first-order chi connectivity index (χ1) is 10.1. The van der Waals surface area contributed by atoms with Gasteiger partial charge in [-0.05, 0) is 13.0 Å². The normalized spacial score (nSPS) is 17.0. The molecule has 0 saturated carbocycles. The highest BCUT2D eigenvalue weighted by atomic mass is 16.3. The Morgan fingerprint density at radius 2 is 1.81 bits per heavy atom. The van der Waals surface area contributed by atoms with Crippen LogP contribution in [0.5, 0.6) is 0 Å². The van der Waals surface area contributed by atoms with Crippen molar-refractivity contribution in [1.82, 2.24) is 4.90 Å². The number of benzene rings is 2. The lowest BCUT2D eigenvalue weighted by atomic mass is 10.1. The minimum atomic E-state index is -1.05. The number of ketones is 1. The predicted octanol–water partition coefficient (Wildman–Crippen LogP) is 2.32. The lowest BCUT2D eigenvalue weighted by Gasteiger charge is -2.20. The number of carbonyl (C=O) groups is 2. The Morgan fingerprint density at radius 3 is 2.48 bits per heavy atom. The molecule has 2 aromatic carbocycles. The van der Waals surface area contributed by atoms with Crippen molar-refractivity contribution in [2.45, 2.75) is 13.2 Å². The van der Waals surface area contributed by atoms with Gasteiger partial charge in [0.2, 0.25) is 0 Å². The molecule has 1 aliphatic rings. The van der Waals surface area contributed by atoms with E-state index >= 15 is 0 Å². The molecule has 1 amide bonds. The molecule has 1 heterocycles. The Kier molecular flexibility index (Phi) is 3.31. The molecule has 21 heavy (non-hydrogen) atoms. The quantitative estimate of drug-likeness (QED) is 0.878. The molecule has 0 aromatic heterocycles. The van der Waals surface area contributed by atoms with Crippen LogP contribution in [0.1, 0.15) is 38.1 Å². The number of rotatable bonds is 3. The summed E-state index contributed by atoms with van der Waals surface area (Å²) in [5, 5.41) is 10.2. The fourth-order valence-electron chi connectivity index (χ4n) is 2.49. The second kappa shape index (κ2) is 5.14. The molecule has 1 unspecified atom stereocenters. The summed E-state index contributed by atoms with van der Waals surface area (Å²) in [6.07, 6.45) is -1.05. The summed E-state index contributed by atoms with van der Waals surface area (Å²) in [4.78, 5) is 25.7. The van der Waals surface area contributed by atoms with Gasteiger partial charge in [0.15, 0.2) is 12.0 Å². The van der Waals surface area contributed by atoms with Gasteiger partial charge in [-0.1, -0.05) is 48.0 Å². The van der Waals surface area contributed by atoms with Gasteiger partial charge in [0, 0.05) is 16.7 Å². The monoisotopic (exact) mass is 281 g/mol. The van der Waals surface area contributed by atoms with E-state index in [-0.39, 0.29) is 18.2 Å². The van der Waals surface area contributed by atoms with E-state index in [0.29, 0.717) is 16.7 Å². The van der Waals surface area contributed by atoms with Crippen LogP contribution in [-0.4, -0.2) is 28.2 Å². The largest absolute Gasteiger partial charge is 0.369 e. The molecule has 0 fully saturated rings. The molecule has 0 spiro atoms. The Hall–Kier alpha value is -2.46. The van der Waals surface area contributed by atoms with Crippen LogP contribution < -0.4 is 0 Å². The van der Waals surface area contributed by atoms with E-state index in [1.165, 1.54) is 4.90 Å². The number of hydrogen-bond donors (Lipinski definition) is 1. The molecule has 4 nitrogen and oxygen atoms in total. The van der Waals surface area contributed by atoms with Gasteiger partial charge in [-0.2, -0.15) is 0 Å². The highest BCUT2D eigenvalue weighted by Gasteiger charge is 2.36. The summed E-state index contributed by atoms with van der Waals surface area (Å²) < 4.78 is 0. The number of fused-ring (bicyclic) bond motifs is 1. The predicted molar refractivity (Wildman–Crippen MR) is 77.9 cm³/mol. The van der Waals surface area contributed by atoms with Crippen molar-refractivity contribution in [3.63, 3.8) is 0 Å². The first kappa shape index (κ1) is 13.5. The van der Waals surface area contributed by atoms with Gasteiger partial charge in [-0.25, -0.2) is 0 Å². The van der Waals surface area contributed by atoms with Crippen molar-refractivity contribution < 1.29 is 14.7 Å². The van der Waals surface area contributed by atoms with E-state index in [1.54, 1.807) is 36.4 Å². The van der Waals surface area contributed by atoms with Crippen LogP contribution in [0.4, 0.5) is 0 Å². The average Bonchev–Trinajstić information content (AvgIpc) is 2.73. The number of amides is 1. The van der Waals surface area contributed by atoms with Crippen molar-refractivity contribution in [1.29, 1.82) is 0 Å². The van der Waals surface area contributed by atoms with Crippen LogP contribution in [0.2, 0.25) is 0 Å². The Balaban J connectivity index is 1.82. The van der Waals surface area contributed by atoms with Crippen LogP contribution in [0.15, 0.2) is 48.5 Å². The fourth-order valence-corrected chi connectivity index (χ4v) is 2.49. The van der Waals surface area contributed by atoms with E-state index in [0.717, 1.165) is 5.56 Å². The maximum atomic E-state index is 12.2. The molecule has 106 valence electrons. The average molecular weight is 281 g/mol. The van der Waals surface area contributed by atoms with Crippen molar-refractivity contribution in [2.75, 3.05) is 6.54 Å². The minimum absolute atomic E-state index is 0.127. The molecule has 1 N–H and O–H groups in total. The highest BCUT2D eigenvalue weighted by Crippen LogP contribution is 2.31. The van der Waals surface area contributed by atoms with Crippen LogP contribution in [0.25, 0.3) is 0 Å². The third kappa shape index (κ3) is 2.34. The second-order valence-electron chi connectivity index (χ2n) is 5.18. The molecule has 2 aromatic rings. The summed E-state index contributed by atoms with van der Waals surface area (Å²) in [7, 11) is 0. The Labute approximate surface area is 122 Å². The second-order valence-corrected chi connectivity index (χ2v) is 5.18. The zero-order valence-electron chi connectivity index (χ0n) is 11.6. The lowest BCUT2D eigenvalue weighted by Crippen LogP contribution is -2.33. The molecule has 0 aliphatic carbocycles. The summed E-state index contributed by atoms with van der Waals surface area (Å²) in [6, 6.07) is 14.0. The molecule has 1 atom stereocenters. The van der Waals surface area contributed by atoms with Crippen LogP contribution in [0.3, 0.4) is 0 Å². The fraction of sp³-hybridized carbons (Fsp3) is 0.176. The SMILES string of the molecule is Cc1ccc(C(=O)CN2C(=O)c3ccccc3C2O)cc1. The van der Waals surface area contributed by atoms with E-state index in [4.69, 9.17) is 0 Å². The smallest absolute Gasteiger partial charge is 0.257 e. The summed E-state index contributed by atoms with van der Waals surface area (Å²) in [5.41, 5.74) is 2.62. The molecular formula is C17H15NO3. The van der Waals surface area contributed by atoms with Crippen LogP contribution >= 0.6 is 0 Å². The summed E-state index contributed by atoms with van der Waals surface area (Å²) in [5.74, 6) is -0.492. The number of carbonyl (C=O) groups excluding carboxylic acids is 2. The topological polar surface area (TPSA) is 57.6 Å². The zero-order valence-corrected chi connectivity index (χ0v) is 11.6. The van der Waals surface area contributed by atoms with Crippen molar-refractivity contribution in [3.8, 4) is 0 Å². The van der Waals surface area contributed by atoms with Crippen molar-refractivity contribution >= 4 is 11.7 Å². The molecule has 3 rings (SSSR count). The first-order valence-electron chi connectivity index (χ1n) is 6.76. The standard InChI is InChI=1S/C17H15NO3/c1-11-6-8-12(9-7-11)15(19)10-18-16(20)13-4-2-3-5-14(13)17(18)21/h2-9,16,20H,10H2,1H3. The molecule has 0 radical (unpaired) electrons. The number of nitrogens with zero attached hydrogens (tertiary/aromatic N) is 1. The maximum Gasteiger partial charge on any atom is 0.257 e. The molecule has 4 heteroatoms. The van der Waals surface area contributed by atoms with Gasteiger partial charge in [0.1, 0.15) is 0 Å². The van der Waals surface area contributed by atoms with Crippen molar-refractivity contribution in [2.24, 2.45) is 0 Å². The van der Waals surface area contributed by atoms with Gasteiger partial charge in [-0.15, -0.1) is 0 Å². The number of hydrogen-bond acceptors (Lipinski definition) is 3. The van der Waals surface area contributed by atoms with Crippen molar-refractivity contribution in [3.05, 3.63) is 70.8 Å². The number of aliphatic hydroxyl groups excluding tert-OH is 1. The van der Waals surface area contributed by atoms with E-state index < -0.39 is 6.23 Å². The number of Topliss-reactive ketones (excluding diaryl/α,β-unsaturated/α-hetero) is 1. The molecule has 1 aliphatic heterocycles. The van der Waals surface area contributed by atoms with Gasteiger partial charge < -0.3 is 10.0 Å². The van der Waals surface area contributed by atoms with Crippen LogP contribution in [0, 0.1) is 6.92 Å². The van der Waals surface area contributed by atoms with Gasteiger partial charge in [0.25, 0.3) is 5.91 Å². The summed E-state index contributed by atoms with van der Waals surface area (Å²) >= 11 is 0. The van der Waals surface area contributed by atoms with Crippen LogP contribution in [-0.2, 0) is 0 Å². The zero-order chi connectivity index (χ0) is 15.0. The minimum Gasteiger partial charge on any atom is -0.369 e. The number of aryl methyl sites for hydroxylation is 1. The first-order valence-corrected chi connectivity index (χ1v) is 6.76. The Morgan fingerprint density at radius 1 is 1.14 bits per heavy atom. The molecular weight excluding hydrogens is 266 g/mol. The Bertz CT molecular complexity index is 706. The van der Waals surface area contributed by atoms with E-state index in [2.05, 4.69) is 0 Å².